The fraction of sp³-hybridized carbons (Fsp3) is 0.600. The lowest BCUT2D eigenvalue weighted by molar-refractivity contribution is 0.134. The normalized spacial score (nSPS) is 10.4. The fourth-order valence-electron chi connectivity index (χ4n) is 1.13. The number of nitrogen functional groups attached to an aromatic ring is 1. The number of rotatable bonds is 7. The van der Waals surface area contributed by atoms with Crippen LogP contribution in [0.3, 0.4) is 0 Å². The van der Waals surface area contributed by atoms with E-state index in [1.807, 2.05) is 0 Å². The number of nitrogens with one attached hydrogen (secondary N) is 1. The molecular formula is C10H17FN4O. The maximum Gasteiger partial charge on any atom is 0.222 e. The van der Waals surface area contributed by atoms with E-state index in [1.165, 1.54) is 0 Å². The Labute approximate surface area is 94.2 Å². The molecule has 0 amide bonds. The minimum Gasteiger partial charge on any atom is -0.381 e. The van der Waals surface area contributed by atoms with Gasteiger partial charge in [-0.05, 0) is 12.8 Å². The molecule has 1 aromatic rings. The van der Waals surface area contributed by atoms with Crippen LogP contribution in [0.5, 0.6) is 0 Å². The fourth-order valence-corrected chi connectivity index (χ4v) is 1.13. The molecule has 0 radical (unpaired) electrons. The number of anilines is 2. The predicted octanol–water partition coefficient (Wildman–Crippen LogP) is 1.43. The molecular weight excluding hydrogens is 211 g/mol. The van der Waals surface area contributed by atoms with Gasteiger partial charge in [-0.3, -0.25) is 0 Å². The van der Waals surface area contributed by atoms with Gasteiger partial charge in [-0.25, -0.2) is 9.37 Å². The molecule has 0 bridgehead atoms. The van der Waals surface area contributed by atoms with Crippen LogP contribution in [-0.4, -0.2) is 29.7 Å². The van der Waals surface area contributed by atoms with Crippen LogP contribution < -0.4 is 11.1 Å². The molecule has 90 valence electrons. The van der Waals surface area contributed by atoms with Crippen molar-refractivity contribution < 1.29 is 9.13 Å². The lowest BCUT2D eigenvalue weighted by atomic mass is 10.4. The molecule has 6 heteroatoms. The zero-order valence-corrected chi connectivity index (χ0v) is 9.37. The third-order valence-corrected chi connectivity index (χ3v) is 1.87. The second kappa shape index (κ2) is 6.95. The van der Waals surface area contributed by atoms with Crippen molar-refractivity contribution in [1.82, 2.24) is 9.97 Å². The van der Waals surface area contributed by atoms with Crippen molar-refractivity contribution in [2.45, 2.75) is 19.8 Å². The molecule has 1 rings (SSSR count). The third kappa shape index (κ3) is 4.39. The second-order valence-electron chi connectivity index (χ2n) is 3.32. The summed E-state index contributed by atoms with van der Waals surface area (Å²) in [6, 6.07) is 0. The Bertz CT molecular complexity index is 322. The molecule has 0 fully saturated rings. The average molecular weight is 228 g/mol. The number of halogens is 1. The van der Waals surface area contributed by atoms with Crippen molar-refractivity contribution in [2.24, 2.45) is 0 Å². The monoisotopic (exact) mass is 228 g/mol. The van der Waals surface area contributed by atoms with Crippen molar-refractivity contribution >= 4 is 11.8 Å². The van der Waals surface area contributed by atoms with Crippen LogP contribution >= 0.6 is 0 Å². The third-order valence-electron chi connectivity index (χ3n) is 1.87. The molecule has 0 aliphatic carbocycles. The summed E-state index contributed by atoms with van der Waals surface area (Å²) in [5, 5.41) is 2.84. The first-order valence-corrected chi connectivity index (χ1v) is 5.33. The number of aromatic nitrogens is 2. The lowest BCUT2D eigenvalue weighted by Gasteiger charge is -2.06. The second-order valence-corrected chi connectivity index (χ2v) is 3.32. The molecule has 3 N–H and O–H groups in total. The molecule has 1 aromatic heterocycles. The van der Waals surface area contributed by atoms with E-state index in [2.05, 4.69) is 22.2 Å². The van der Waals surface area contributed by atoms with Gasteiger partial charge in [0.05, 0.1) is 6.20 Å². The molecule has 0 aliphatic heterocycles. The van der Waals surface area contributed by atoms with E-state index in [0.717, 1.165) is 25.6 Å². The van der Waals surface area contributed by atoms with Crippen LogP contribution in [0.2, 0.25) is 0 Å². The van der Waals surface area contributed by atoms with Gasteiger partial charge in [0.2, 0.25) is 5.95 Å². The van der Waals surface area contributed by atoms with Gasteiger partial charge in [-0.2, -0.15) is 4.98 Å². The molecule has 5 nitrogen and oxygen atoms in total. The summed E-state index contributed by atoms with van der Waals surface area (Å²) in [6.07, 6.45) is 2.85. The highest BCUT2D eigenvalue weighted by atomic mass is 19.1. The average Bonchev–Trinajstić information content (AvgIpc) is 2.28. The van der Waals surface area contributed by atoms with Crippen molar-refractivity contribution in [2.75, 3.05) is 30.8 Å². The Morgan fingerprint density at radius 3 is 3.06 bits per heavy atom. The SMILES string of the molecule is CCCOCCCNc1nc(N)ncc1F. The van der Waals surface area contributed by atoms with Crippen molar-refractivity contribution in [3.63, 3.8) is 0 Å². The van der Waals surface area contributed by atoms with Crippen molar-refractivity contribution in [3.05, 3.63) is 12.0 Å². The summed E-state index contributed by atoms with van der Waals surface area (Å²) in [4.78, 5) is 7.28. The molecule has 0 atom stereocenters. The number of nitrogens with two attached hydrogens (primary N) is 1. The molecule has 1 heterocycles. The van der Waals surface area contributed by atoms with E-state index >= 15 is 0 Å². The quantitative estimate of drug-likeness (QED) is 0.690. The van der Waals surface area contributed by atoms with Gasteiger partial charge >= 0.3 is 0 Å². The van der Waals surface area contributed by atoms with E-state index in [-0.39, 0.29) is 11.8 Å². The topological polar surface area (TPSA) is 73.1 Å². The van der Waals surface area contributed by atoms with Gasteiger partial charge in [0.1, 0.15) is 0 Å². The summed E-state index contributed by atoms with van der Waals surface area (Å²) in [5.41, 5.74) is 5.34. The Morgan fingerprint density at radius 2 is 2.31 bits per heavy atom. The summed E-state index contributed by atoms with van der Waals surface area (Å²) < 4.78 is 18.4. The van der Waals surface area contributed by atoms with Gasteiger partial charge in [-0.15, -0.1) is 0 Å². The molecule has 0 spiro atoms. The van der Waals surface area contributed by atoms with E-state index < -0.39 is 5.82 Å². The van der Waals surface area contributed by atoms with Crippen LogP contribution in [0, 0.1) is 5.82 Å². The van der Waals surface area contributed by atoms with Gasteiger partial charge in [0.25, 0.3) is 0 Å². The Kier molecular flexibility index (Phi) is 5.49. The zero-order chi connectivity index (χ0) is 11.8. The van der Waals surface area contributed by atoms with E-state index in [1.54, 1.807) is 0 Å². The highest BCUT2D eigenvalue weighted by Crippen LogP contribution is 2.09. The van der Waals surface area contributed by atoms with E-state index in [0.29, 0.717) is 13.2 Å². The molecule has 0 saturated heterocycles. The number of hydrogen-bond acceptors (Lipinski definition) is 5. The van der Waals surface area contributed by atoms with E-state index in [9.17, 15) is 4.39 Å². The van der Waals surface area contributed by atoms with Crippen molar-refractivity contribution in [1.29, 1.82) is 0 Å². The summed E-state index contributed by atoms with van der Waals surface area (Å²) in [7, 11) is 0. The molecule has 0 aromatic carbocycles. The van der Waals surface area contributed by atoms with Gasteiger partial charge in [0, 0.05) is 19.8 Å². The summed E-state index contributed by atoms with van der Waals surface area (Å²) >= 11 is 0. The largest absolute Gasteiger partial charge is 0.381 e. The van der Waals surface area contributed by atoms with Gasteiger partial charge < -0.3 is 15.8 Å². The summed E-state index contributed by atoms with van der Waals surface area (Å²) in [6.45, 7) is 4.06. The van der Waals surface area contributed by atoms with Crippen LogP contribution in [0.1, 0.15) is 19.8 Å². The van der Waals surface area contributed by atoms with Crippen LogP contribution in [0.25, 0.3) is 0 Å². The summed E-state index contributed by atoms with van der Waals surface area (Å²) in [5.74, 6) is -0.294. The minimum absolute atomic E-state index is 0.0612. The smallest absolute Gasteiger partial charge is 0.222 e. The Morgan fingerprint density at radius 1 is 1.50 bits per heavy atom. The number of nitrogens with zero attached hydrogens (tertiary/aromatic N) is 2. The maximum absolute atomic E-state index is 13.1. The first-order valence-electron chi connectivity index (χ1n) is 5.33. The molecule has 0 unspecified atom stereocenters. The Balaban J connectivity index is 2.23. The first-order chi connectivity index (χ1) is 7.74. The first kappa shape index (κ1) is 12.6. The van der Waals surface area contributed by atoms with Crippen molar-refractivity contribution in [3.8, 4) is 0 Å². The van der Waals surface area contributed by atoms with Crippen LogP contribution in [0.4, 0.5) is 16.2 Å². The van der Waals surface area contributed by atoms with Gasteiger partial charge in [0.15, 0.2) is 11.6 Å². The molecule has 0 saturated carbocycles. The number of ether oxygens (including phenoxy) is 1. The van der Waals surface area contributed by atoms with Crippen LogP contribution in [-0.2, 0) is 4.74 Å². The highest BCUT2D eigenvalue weighted by Gasteiger charge is 2.03. The predicted molar refractivity (Wildman–Crippen MR) is 60.6 cm³/mol. The van der Waals surface area contributed by atoms with Gasteiger partial charge in [-0.1, -0.05) is 6.92 Å². The zero-order valence-electron chi connectivity index (χ0n) is 9.37. The number of hydrogen-bond donors (Lipinski definition) is 2. The Hall–Kier alpha value is -1.43. The minimum atomic E-state index is -0.497. The highest BCUT2D eigenvalue weighted by molar-refractivity contribution is 5.38. The molecule has 16 heavy (non-hydrogen) atoms. The lowest BCUT2D eigenvalue weighted by Crippen LogP contribution is -2.10. The van der Waals surface area contributed by atoms with Crippen LogP contribution in [0.15, 0.2) is 6.20 Å². The maximum atomic E-state index is 13.1. The van der Waals surface area contributed by atoms with E-state index in [4.69, 9.17) is 10.5 Å². The molecule has 0 aliphatic rings. The standard InChI is InChI=1S/C10H17FN4O/c1-2-5-16-6-3-4-13-9-8(11)7-14-10(12)15-9/h7H,2-6H2,1H3,(H3,12,13,14,15).